The summed E-state index contributed by atoms with van der Waals surface area (Å²) in [4.78, 5) is 34.8. The van der Waals surface area contributed by atoms with E-state index < -0.39 is 5.97 Å². The van der Waals surface area contributed by atoms with Crippen LogP contribution in [0, 0.1) is 0 Å². The number of allylic oxidation sites excluding steroid dienone is 15. The second-order valence-electron chi connectivity index (χ2n) is 11.0. The van der Waals surface area contributed by atoms with Crippen molar-refractivity contribution in [3.05, 3.63) is 97.2 Å². The number of aliphatic carboxylic acids is 1. The molecule has 0 heterocycles. The van der Waals surface area contributed by atoms with Gasteiger partial charge >= 0.3 is 11.9 Å². The number of hydrogen-bond acceptors (Lipinski definition) is 4. The summed E-state index contributed by atoms with van der Waals surface area (Å²) in [6.45, 7) is 3.92. The summed E-state index contributed by atoms with van der Waals surface area (Å²) in [6, 6.07) is 0. The lowest BCUT2D eigenvalue weighted by Gasteiger charge is -2.14. The number of carboxylic acid groups (broad SMARTS) is 1. The Morgan fingerprint density at radius 3 is 1.59 bits per heavy atom. The maximum absolute atomic E-state index is 12.6. The van der Waals surface area contributed by atoms with Gasteiger partial charge in [-0.15, -0.1) is 0 Å². The average molecular weight is 636 g/mol. The SMILES string of the molecule is CC/C=C\C/C=C\C/C=C\C/C=C\C/C=C\CCCC(=O)OC(/C=C\C/C=C\C/C=C\CC)CCCCCCC(=O)NCC(=O)O. The summed E-state index contributed by atoms with van der Waals surface area (Å²) >= 11 is 0. The molecule has 0 aliphatic rings. The maximum Gasteiger partial charge on any atom is 0.322 e. The van der Waals surface area contributed by atoms with Crippen LogP contribution in [0.15, 0.2) is 97.2 Å². The molecule has 0 aliphatic heterocycles. The highest BCUT2D eigenvalue weighted by Gasteiger charge is 2.11. The molecule has 0 fully saturated rings. The first-order valence-electron chi connectivity index (χ1n) is 17.4. The van der Waals surface area contributed by atoms with Crippen LogP contribution in [0.5, 0.6) is 0 Å². The van der Waals surface area contributed by atoms with Gasteiger partial charge in [-0.3, -0.25) is 14.4 Å². The zero-order valence-corrected chi connectivity index (χ0v) is 28.6. The molecule has 2 N–H and O–H groups in total. The van der Waals surface area contributed by atoms with Crippen molar-refractivity contribution < 1.29 is 24.2 Å². The summed E-state index contributed by atoms with van der Waals surface area (Å²) in [6.07, 6.45) is 48.3. The second-order valence-corrected chi connectivity index (χ2v) is 11.0. The number of carbonyl (C=O) groups excluding carboxylic acids is 2. The van der Waals surface area contributed by atoms with Crippen molar-refractivity contribution in [2.45, 2.75) is 129 Å². The van der Waals surface area contributed by atoms with E-state index in [1.807, 2.05) is 6.08 Å². The summed E-state index contributed by atoms with van der Waals surface area (Å²) in [5, 5.41) is 11.0. The first kappa shape index (κ1) is 42.3. The predicted molar refractivity (Wildman–Crippen MR) is 193 cm³/mol. The van der Waals surface area contributed by atoms with Gasteiger partial charge in [0.1, 0.15) is 12.6 Å². The van der Waals surface area contributed by atoms with Gasteiger partial charge < -0.3 is 15.2 Å². The molecule has 0 spiro atoms. The Morgan fingerprint density at radius 1 is 0.587 bits per heavy atom. The van der Waals surface area contributed by atoms with Gasteiger partial charge in [-0.05, 0) is 89.5 Å². The molecule has 256 valence electrons. The molecule has 0 saturated heterocycles. The standard InChI is InChI=1S/C40H61NO5/c1-3-5-7-9-11-13-14-15-16-17-18-19-20-21-23-25-31-35-40(45)46-37(32-28-24-22-12-10-8-6-4-2)33-29-26-27-30-34-38(42)41-36-39(43)44/h5-8,11-13,15-16,18-19,21-23,28,32,37H,3-4,9-10,14,17,20,24-27,29-31,33-36H2,1-2H3,(H,41,42)(H,43,44)/b7-5-,8-6-,13-11-,16-15-,19-18-,22-12-,23-21-,32-28-. The Kier molecular flexibility index (Phi) is 31.5. The quantitative estimate of drug-likeness (QED) is 0.0485. The van der Waals surface area contributed by atoms with Crippen molar-refractivity contribution in [1.29, 1.82) is 0 Å². The van der Waals surface area contributed by atoms with E-state index in [0.717, 1.165) is 89.9 Å². The zero-order chi connectivity index (χ0) is 33.8. The van der Waals surface area contributed by atoms with Crippen LogP contribution in [0.25, 0.3) is 0 Å². The van der Waals surface area contributed by atoms with Crippen LogP contribution in [0.1, 0.15) is 123 Å². The van der Waals surface area contributed by atoms with E-state index in [1.165, 1.54) is 0 Å². The van der Waals surface area contributed by atoms with E-state index in [4.69, 9.17) is 9.84 Å². The molecule has 0 aliphatic carbocycles. The summed E-state index contributed by atoms with van der Waals surface area (Å²) < 4.78 is 5.81. The molecule has 0 bridgehead atoms. The van der Waals surface area contributed by atoms with E-state index >= 15 is 0 Å². The normalized spacial score (nSPS) is 13.3. The number of ether oxygens (including phenoxy) is 1. The van der Waals surface area contributed by atoms with Crippen molar-refractivity contribution in [2.24, 2.45) is 0 Å². The lowest BCUT2D eigenvalue weighted by molar-refractivity contribution is -0.147. The van der Waals surface area contributed by atoms with Crippen molar-refractivity contribution in [3.63, 3.8) is 0 Å². The van der Waals surface area contributed by atoms with Crippen molar-refractivity contribution in [2.75, 3.05) is 6.54 Å². The van der Waals surface area contributed by atoms with Gasteiger partial charge in [0.05, 0.1) is 0 Å². The Balaban J connectivity index is 4.36. The van der Waals surface area contributed by atoms with Gasteiger partial charge in [0.25, 0.3) is 0 Å². The molecule has 0 rings (SSSR count). The fourth-order valence-corrected chi connectivity index (χ4v) is 4.25. The van der Waals surface area contributed by atoms with Gasteiger partial charge in [-0.2, -0.15) is 0 Å². The number of carbonyl (C=O) groups is 3. The summed E-state index contributed by atoms with van der Waals surface area (Å²) in [7, 11) is 0. The smallest absolute Gasteiger partial charge is 0.322 e. The van der Waals surface area contributed by atoms with Crippen LogP contribution < -0.4 is 5.32 Å². The Hall–Kier alpha value is -3.67. The van der Waals surface area contributed by atoms with Crippen LogP contribution in [0.3, 0.4) is 0 Å². The number of amides is 1. The third-order valence-electron chi connectivity index (χ3n) is 6.74. The third-order valence-corrected chi connectivity index (χ3v) is 6.74. The Labute approximate surface area is 279 Å². The lowest BCUT2D eigenvalue weighted by Crippen LogP contribution is -2.28. The van der Waals surface area contributed by atoms with Crippen LogP contribution in [0.2, 0.25) is 0 Å². The summed E-state index contributed by atoms with van der Waals surface area (Å²) in [5.41, 5.74) is 0. The fourth-order valence-electron chi connectivity index (χ4n) is 4.25. The molecule has 0 aromatic carbocycles. The van der Waals surface area contributed by atoms with Crippen LogP contribution in [-0.2, 0) is 19.1 Å². The summed E-state index contributed by atoms with van der Waals surface area (Å²) in [5.74, 6) is -1.45. The van der Waals surface area contributed by atoms with Crippen LogP contribution in [0.4, 0.5) is 0 Å². The molecule has 1 amide bonds. The molecule has 0 radical (unpaired) electrons. The van der Waals surface area contributed by atoms with E-state index in [2.05, 4.69) is 110 Å². The number of rotatable bonds is 29. The molecular weight excluding hydrogens is 574 g/mol. The Bertz CT molecular complexity index is 1010. The topological polar surface area (TPSA) is 92.7 Å². The van der Waals surface area contributed by atoms with Crippen molar-refractivity contribution in [3.8, 4) is 0 Å². The molecule has 6 heteroatoms. The van der Waals surface area contributed by atoms with Gasteiger partial charge in [0.2, 0.25) is 5.91 Å². The molecule has 0 aromatic rings. The minimum atomic E-state index is -1.04. The molecule has 0 saturated carbocycles. The van der Waals surface area contributed by atoms with E-state index in [1.54, 1.807) is 0 Å². The number of unbranched alkanes of at least 4 members (excludes halogenated alkanes) is 4. The molecule has 1 unspecified atom stereocenters. The van der Waals surface area contributed by atoms with Gasteiger partial charge in [-0.25, -0.2) is 0 Å². The minimum absolute atomic E-state index is 0.169. The Morgan fingerprint density at radius 2 is 1.07 bits per heavy atom. The number of carboxylic acids is 1. The average Bonchev–Trinajstić information content (AvgIpc) is 3.04. The fraction of sp³-hybridized carbons (Fsp3) is 0.525. The number of esters is 1. The van der Waals surface area contributed by atoms with E-state index in [0.29, 0.717) is 19.3 Å². The number of nitrogens with one attached hydrogen (secondary N) is 1. The monoisotopic (exact) mass is 635 g/mol. The van der Waals surface area contributed by atoms with Crippen LogP contribution in [-0.4, -0.2) is 35.6 Å². The third kappa shape index (κ3) is 33.2. The van der Waals surface area contributed by atoms with Gasteiger partial charge in [0, 0.05) is 12.8 Å². The highest BCUT2D eigenvalue weighted by atomic mass is 16.5. The highest BCUT2D eigenvalue weighted by molar-refractivity contribution is 5.80. The number of hydrogen-bond donors (Lipinski definition) is 2. The van der Waals surface area contributed by atoms with E-state index in [-0.39, 0.29) is 24.5 Å². The lowest BCUT2D eigenvalue weighted by atomic mass is 10.1. The minimum Gasteiger partial charge on any atom is -0.480 e. The zero-order valence-electron chi connectivity index (χ0n) is 28.6. The highest BCUT2D eigenvalue weighted by Crippen LogP contribution is 2.13. The molecule has 46 heavy (non-hydrogen) atoms. The maximum atomic E-state index is 12.6. The van der Waals surface area contributed by atoms with Crippen LogP contribution >= 0.6 is 0 Å². The predicted octanol–water partition coefficient (Wildman–Crippen LogP) is 10.2. The first-order valence-corrected chi connectivity index (χ1v) is 17.4. The molecule has 0 aromatic heterocycles. The van der Waals surface area contributed by atoms with Crippen molar-refractivity contribution in [1.82, 2.24) is 5.32 Å². The van der Waals surface area contributed by atoms with Crippen molar-refractivity contribution >= 4 is 17.8 Å². The molecular formula is C40H61NO5. The van der Waals surface area contributed by atoms with Gasteiger partial charge in [-0.1, -0.05) is 118 Å². The first-order chi connectivity index (χ1) is 22.5. The molecule has 6 nitrogen and oxygen atoms in total. The molecule has 1 atom stereocenters. The second kappa shape index (κ2) is 34.2. The largest absolute Gasteiger partial charge is 0.480 e. The van der Waals surface area contributed by atoms with Gasteiger partial charge in [0.15, 0.2) is 0 Å². The van der Waals surface area contributed by atoms with E-state index in [9.17, 15) is 14.4 Å².